The van der Waals surface area contributed by atoms with Crippen molar-refractivity contribution < 1.29 is 0 Å². The predicted octanol–water partition coefficient (Wildman–Crippen LogP) is 11.5. The highest BCUT2D eigenvalue weighted by atomic mass is 79.9. The van der Waals surface area contributed by atoms with Gasteiger partial charge in [-0.2, -0.15) is 0 Å². The fourth-order valence-corrected chi connectivity index (χ4v) is 9.17. The van der Waals surface area contributed by atoms with Crippen LogP contribution in [0.3, 0.4) is 0 Å². The van der Waals surface area contributed by atoms with E-state index in [1.165, 1.54) is 64.6 Å². The molecular weight excluding hydrogens is 768 g/mol. The minimum Gasteiger partial charge on any atom is -0.0537 e. The van der Waals surface area contributed by atoms with E-state index in [1.54, 1.807) is 0 Å². The van der Waals surface area contributed by atoms with Crippen LogP contribution >= 0.6 is 95.6 Å². The molecule has 0 N–H and O–H groups in total. The second-order valence-corrected chi connectivity index (χ2v) is 12.4. The van der Waals surface area contributed by atoms with Crippen molar-refractivity contribution in [3.8, 4) is 0 Å². The van der Waals surface area contributed by atoms with E-state index in [0.29, 0.717) is 0 Å². The molecule has 30 heavy (non-hydrogen) atoms. The lowest BCUT2D eigenvalue weighted by Crippen LogP contribution is -1.97. The first-order chi connectivity index (χ1) is 14.4. The molecule has 0 aliphatic carbocycles. The topological polar surface area (TPSA) is 0 Å². The summed E-state index contributed by atoms with van der Waals surface area (Å²) in [6.45, 7) is 0. The van der Waals surface area contributed by atoms with Gasteiger partial charge in [-0.05, 0) is 139 Å². The van der Waals surface area contributed by atoms with Crippen molar-refractivity contribution >= 4 is 160 Å². The Morgan fingerprint density at radius 1 is 0.300 bits per heavy atom. The van der Waals surface area contributed by atoms with Gasteiger partial charge in [0, 0.05) is 48.4 Å². The van der Waals surface area contributed by atoms with Gasteiger partial charge in [0.15, 0.2) is 0 Å². The standard InChI is InChI=1S/C24H6Br6/c25-19-9-5-3-7-1-2-8-4-6-10-14-12(8)11(7)13(9)15-16(14)18(22(28)20(10)26)24(30)23(29)17(15)21(19)27/h1-6H. The Kier molecular flexibility index (Phi) is 3.98. The van der Waals surface area contributed by atoms with Gasteiger partial charge in [-0.25, -0.2) is 0 Å². The Morgan fingerprint density at radius 2 is 0.633 bits per heavy atom. The van der Waals surface area contributed by atoms with Gasteiger partial charge in [-0.15, -0.1) is 0 Å². The molecule has 0 radical (unpaired) electrons. The highest BCUT2D eigenvalue weighted by Gasteiger charge is 2.28. The first-order valence-corrected chi connectivity index (χ1v) is 13.9. The molecule has 0 unspecified atom stereocenters. The SMILES string of the molecule is Brc1c(Br)c2c(Br)c(Br)c3c(Br)c(Br)c4ccc5ccc6ccc1c1c6c5c4c3c21. The van der Waals surface area contributed by atoms with Crippen LogP contribution in [0, 0.1) is 0 Å². The molecule has 7 aromatic carbocycles. The number of halogens is 6. The van der Waals surface area contributed by atoms with Crippen molar-refractivity contribution in [3.05, 3.63) is 63.2 Å². The van der Waals surface area contributed by atoms with Crippen LogP contribution in [0.15, 0.2) is 63.2 Å². The fraction of sp³-hybridized carbons (Fsp3) is 0. The Hall–Kier alpha value is -0.240. The Labute approximate surface area is 221 Å². The highest BCUT2D eigenvalue weighted by molar-refractivity contribution is 9.14. The monoisotopic (exact) mass is 768 g/mol. The van der Waals surface area contributed by atoms with E-state index < -0.39 is 0 Å². The Balaban J connectivity index is 2.10. The molecule has 0 aliphatic heterocycles. The lowest BCUT2D eigenvalue weighted by Gasteiger charge is -2.25. The van der Waals surface area contributed by atoms with Crippen LogP contribution in [0.1, 0.15) is 0 Å². The van der Waals surface area contributed by atoms with Crippen LogP contribution in [-0.2, 0) is 0 Å². The summed E-state index contributed by atoms with van der Waals surface area (Å²) in [5.41, 5.74) is 0. The molecule has 0 amide bonds. The highest BCUT2D eigenvalue weighted by Crippen LogP contribution is 2.57. The van der Waals surface area contributed by atoms with Gasteiger partial charge < -0.3 is 0 Å². The second kappa shape index (κ2) is 6.21. The van der Waals surface area contributed by atoms with Gasteiger partial charge in [-0.3, -0.25) is 0 Å². The second-order valence-electron chi connectivity index (χ2n) is 7.62. The molecule has 6 heteroatoms. The third-order valence-corrected chi connectivity index (χ3v) is 12.8. The van der Waals surface area contributed by atoms with Crippen molar-refractivity contribution in [1.82, 2.24) is 0 Å². The minimum atomic E-state index is 1.05. The smallest absolute Gasteiger partial charge is 0.0414 e. The van der Waals surface area contributed by atoms with Crippen molar-refractivity contribution in [3.63, 3.8) is 0 Å². The van der Waals surface area contributed by atoms with Crippen molar-refractivity contribution in [2.24, 2.45) is 0 Å². The van der Waals surface area contributed by atoms with E-state index in [4.69, 9.17) is 0 Å². The molecule has 0 bridgehead atoms. The molecule has 144 valence electrons. The molecule has 0 nitrogen and oxygen atoms in total. The summed E-state index contributed by atoms with van der Waals surface area (Å²) in [4.78, 5) is 0. The number of hydrogen-bond donors (Lipinski definition) is 0. The predicted molar refractivity (Wildman–Crippen MR) is 151 cm³/mol. The molecule has 7 aromatic rings. The van der Waals surface area contributed by atoms with Crippen LogP contribution in [0.5, 0.6) is 0 Å². The van der Waals surface area contributed by atoms with E-state index in [1.807, 2.05) is 0 Å². The van der Waals surface area contributed by atoms with Gasteiger partial charge in [-0.1, -0.05) is 36.4 Å². The van der Waals surface area contributed by atoms with Crippen molar-refractivity contribution in [1.29, 1.82) is 0 Å². The third-order valence-electron chi connectivity index (χ3n) is 6.35. The van der Waals surface area contributed by atoms with Crippen molar-refractivity contribution in [2.75, 3.05) is 0 Å². The van der Waals surface area contributed by atoms with Crippen molar-refractivity contribution in [2.45, 2.75) is 0 Å². The molecule has 7 rings (SSSR count). The number of rotatable bonds is 0. The largest absolute Gasteiger partial charge is 0.0537 e. The first-order valence-electron chi connectivity index (χ1n) is 9.12. The maximum absolute atomic E-state index is 3.91. The van der Waals surface area contributed by atoms with Crippen LogP contribution in [0.2, 0.25) is 0 Å². The summed E-state index contributed by atoms with van der Waals surface area (Å²) in [5.74, 6) is 0. The third kappa shape index (κ3) is 2.04. The summed E-state index contributed by atoms with van der Waals surface area (Å²) in [6.07, 6.45) is 0. The van der Waals surface area contributed by atoms with E-state index in [9.17, 15) is 0 Å². The van der Waals surface area contributed by atoms with E-state index >= 15 is 0 Å². The molecule has 0 aromatic heterocycles. The van der Waals surface area contributed by atoms with Gasteiger partial charge in [0.05, 0.1) is 0 Å². The maximum Gasteiger partial charge on any atom is 0.0414 e. The molecule has 0 saturated heterocycles. The molecule has 0 fully saturated rings. The minimum absolute atomic E-state index is 1.05. The average molecular weight is 774 g/mol. The number of benzene rings is 7. The van der Waals surface area contributed by atoms with E-state index in [2.05, 4.69) is 132 Å². The van der Waals surface area contributed by atoms with Gasteiger partial charge in [0.1, 0.15) is 0 Å². The summed E-state index contributed by atoms with van der Waals surface area (Å²) in [6, 6.07) is 13.4. The Morgan fingerprint density at radius 3 is 1.03 bits per heavy atom. The van der Waals surface area contributed by atoms with Crippen LogP contribution < -0.4 is 0 Å². The summed E-state index contributed by atoms with van der Waals surface area (Å²) in [7, 11) is 0. The van der Waals surface area contributed by atoms with Gasteiger partial charge >= 0.3 is 0 Å². The fourth-order valence-electron chi connectivity index (χ4n) is 5.18. The summed E-state index contributed by atoms with van der Waals surface area (Å²) < 4.78 is 6.41. The quantitative estimate of drug-likeness (QED) is 0.106. The van der Waals surface area contributed by atoms with Crippen LogP contribution in [-0.4, -0.2) is 0 Å². The summed E-state index contributed by atoms with van der Waals surface area (Å²) in [5, 5.41) is 15.3. The normalized spacial score (nSPS) is 13.0. The lowest BCUT2D eigenvalue weighted by atomic mass is 9.83. The molecule has 0 heterocycles. The molecular formula is C24H6Br6. The molecule has 0 aliphatic rings. The molecule has 0 spiro atoms. The summed E-state index contributed by atoms with van der Waals surface area (Å²) >= 11 is 23.4. The Bertz CT molecular complexity index is 1710. The van der Waals surface area contributed by atoms with Crippen LogP contribution in [0.25, 0.3) is 64.6 Å². The maximum atomic E-state index is 3.91. The zero-order valence-electron chi connectivity index (χ0n) is 14.7. The van der Waals surface area contributed by atoms with E-state index in [0.717, 1.165) is 26.8 Å². The molecule has 0 atom stereocenters. The average Bonchev–Trinajstić information content (AvgIpc) is 2.75. The van der Waals surface area contributed by atoms with Gasteiger partial charge in [0.2, 0.25) is 0 Å². The number of hydrogen-bond acceptors (Lipinski definition) is 0. The zero-order valence-corrected chi connectivity index (χ0v) is 24.2. The zero-order chi connectivity index (χ0) is 20.6. The van der Waals surface area contributed by atoms with Crippen LogP contribution in [0.4, 0.5) is 0 Å². The first kappa shape index (κ1) is 19.2. The van der Waals surface area contributed by atoms with E-state index in [-0.39, 0.29) is 0 Å². The lowest BCUT2D eigenvalue weighted by molar-refractivity contribution is 1.65. The van der Waals surface area contributed by atoms with Gasteiger partial charge in [0.25, 0.3) is 0 Å². The molecule has 0 saturated carbocycles.